The summed E-state index contributed by atoms with van der Waals surface area (Å²) in [5.74, 6) is 0.730. The van der Waals surface area contributed by atoms with Gasteiger partial charge in [0.15, 0.2) is 0 Å². The molecule has 1 unspecified atom stereocenters. The molecule has 0 heterocycles. The zero-order chi connectivity index (χ0) is 15.3. The van der Waals surface area contributed by atoms with Gasteiger partial charge in [-0.1, -0.05) is 44.2 Å². The second-order valence-corrected chi connectivity index (χ2v) is 6.80. The van der Waals surface area contributed by atoms with Gasteiger partial charge in [-0.05, 0) is 43.7 Å². The lowest BCUT2D eigenvalue weighted by Gasteiger charge is -2.31. The van der Waals surface area contributed by atoms with Crippen molar-refractivity contribution in [2.75, 3.05) is 19.6 Å². The van der Waals surface area contributed by atoms with Gasteiger partial charge in [0.2, 0.25) is 0 Å². The van der Waals surface area contributed by atoms with Crippen LogP contribution in [0.3, 0.4) is 0 Å². The molecule has 1 aromatic rings. The molecule has 1 fully saturated rings. The molecule has 1 aromatic carbocycles. The molecule has 1 saturated carbocycles. The molecule has 2 rings (SSSR count). The fourth-order valence-electron chi connectivity index (χ4n) is 2.78. The summed E-state index contributed by atoms with van der Waals surface area (Å²) in [7, 11) is 0. The topological polar surface area (TPSA) is 49.5 Å². The number of nitrogens with zero attached hydrogens (tertiary/aromatic N) is 1. The number of nitrogens with two attached hydrogens (primary N) is 1. The number of rotatable bonds is 9. The summed E-state index contributed by atoms with van der Waals surface area (Å²) >= 11 is 0. The van der Waals surface area contributed by atoms with E-state index in [0.717, 1.165) is 30.6 Å². The second kappa shape index (κ2) is 7.39. The fraction of sp³-hybridized carbons (Fsp3) is 0.667. The summed E-state index contributed by atoms with van der Waals surface area (Å²) < 4.78 is 0. The average Bonchev–Trinajstić information content (AvgIpc) is 3.32. The maximum absolute atomic E-state index is 10.9. The number of aliphatic hydroxyl groups is 1. The molecule has 0 amide bonds. The molecule has 0 radical (unpaired) electrons. The quantitative estimate of drug-likeness (QED) is 0.735. The van der Waals surface area contributed by atoms with E-state index in [-0.39, 0.29) is 6.54 Å². The van der Waals surface area contributed by atoms with Gasteiger partial charge in [-0.25, -0.2) is 0 Å². The Bertz CT molecular complexity index is 416. The van der Waals surface area contributed by atoms with Crippen LogP contribution in [0.15, 0.2) is 30.3 Å². The van der Waals surface area contributed by atoms with E-state index in [2.05, 4.69) is 18.7 Å². The number of hydrogen-bond acceptors (Lipinski definition) is 3. The van der Waals surface area contributed by atoms with Crippen molar-refractivity contribution in [1.82, 2.24) is 4.90 Å². The molecule has 0 aliphatic heterocycles. The predicted octanol–water partition coefficient (Wildman–Crippen LogP) is 2.73. The Hall–Kier alpha value is -0.900. The third-order valence-electron chi connectivity index (χ3n) is 4.52. The molecule has 1 aliphatic rings. The van der Waals surface area contributed by atoms with Crippen molar-refractivity contribution in [3.8, 4) is 0 Å². The average molecular weight is 290 g/mol. The van der Waals surface area contributed by atoms with Crippen molar-refractivity contribution < 1.29 is 5.11 Å². The van der Waals surface area contributed by atoms with Crippen molar-refractivity contribution in [3.05, 3.63) is 35.9 Å². The Morgan fingerprint density at radius 2 is 1.90 bits per heavy atom. The molecule has 3 nitrogen and oxygen atoms in total. The van der Waals surface area contributed by atoms with Gasteiger partial charge < -0.3 is 15.7 Å². The fourth-order valence-corrected chi connectivity index (χ4v) is 2.78. The van der Waals surface area contributed by atoms with E-state index in [9.17, 15) is 5.11 Å². The molecule has 0 bridgehead atoms. The van der Waals surface area contributed by atoms with Gasteiger partial charge >= 0.3 is 0 Å². The van der Waals surface area contributed by atoms with E-state index in [1.807, 2.05) is 30.3 Å². The van der Waals surface area contributed by atoms with Crippen molar-refractivity contribution >= 4 is 0 Å². The summed E-state index contributed by atoms with van der Waals surface area (Å²) in [4.78, 5) is 2.55. The Morgan fingerprint density at radius 1 is 1.24 bits per heavy atom. The zero-order valence-corrected chi connectivity index (χ0v) is 13.5. The lowest BCUT2D eigenvalue weighted by atomic mass is 9.90. The van der Waals surface area contributed by atoms with E-state index in [1.54, 1.807) is 0 Å². The van der Waals surface area contributed by atoms with Crippen LogP contribution in [0, 0.1) is 5.92 Å². The highest BCUT2D eigenvalue weighted by atomic mass is 16.3. The number of benzene rings is 1. The molecule has 0 aromatic heterocycles. The molecular weight excluding hydrogens is 260 g/mol. The van der Waals surface area contributed by atoms with Crippen LogP contribution < -0.4 is 5.73 Å². The van der Waals surface area contributed by atoms with Crippen LogP contribution in [-0.2, 0) is 5.60 Å². The van der Waals surface area contributed by atoms with Gasteiger partial charge in [0, 0.05) is 19.1 Å². The van der Waals surface area contributed by atoms with Crippen molar-refractivity contribution in [2.45, 2.75) is 51.2 Å². The monoisotopic (exact) mass is 290 g/mol. The lowest BCUT2D eigenvalue weighted by molar-refractivity contribution is 0.0244. The van der Waals surface area contributed by atoms with E-state index in [1.165, 1.54) is 19.3 Å². The third-order valence-corrected chi connectivity index (χ3v) is 4.52. The first-order valence-corrected chi connectivity index (χ1v) is 8.27. The van der Waals surface area contributed by atoms with Crippen LogP contribution in [0.25, 0.3) is 0 Å². The first-order chi connectivity index (χ1) is 10.0. The van der Waals surface area contributed by atoms with Crippen LogP contribution in [0.2, 0.25) is 0 Å². The lowest BCUT2D eigenvalue weighted by Crippen LogP contribution is -2.40. The summed E-state index contributed by atoms with van der Waals surface area (Å²) in [6.45, 7) is 6.88. The van der Waals surface area contributed by atoms with Gasteiger partial charge in [0.05, 0.1) is 0 Å². The molecule has 118 valence electrons. The summed E-state index contributed by atoms with van der Waals surface area (Å²) in [5, 5.41) is 10.9. The van der Waals surface area contributed by atoms with Crippen molar-refractivity contribution in [1.29, 1.82) is 0 Å². The Balaban J connectivity index is 1.94. The van der Waals surface area contributed by atoms with Crippen LogP contribution in [0.1, 0.15) is 45.1 Å². The molecule has 0 saturated heterocycles. The number of hydrogen-bond donors (Lipinski definition) is 2. The van der Waals surface area contributed by atoms with Gasteiger partial charge in [-0.15, -0.1) is 0 Å². The summed E-state index contributed by atoms with van der Waals surface area (Å²) in [5.41, 5.74) is 5.91. The Labute approximate surface area is 129 Å². The SMILES string of the molecule is CC(C)CCN(CCC(O)(CN)c1ccccc1)C1CC1. The highest BCUT2D eigenvalue weighted by Crippen LogP contribution is 2.30. The van der Waals surface area contributed by atoms with Gasteiger partial charge in [0.25, 0.3) is 0 Å². The van der Waals surface area contributed by atoms with Gasteiger partial charge in [-0.3, -0.25) is 0 Å². The minimum atomic E-state index is -0.897. The molecule has 3 heteroatoms. The Morgan fingerprint density at radius 3 is 2.43 bits per heavy atom. The van der Waals surface area contributed by atoms with Gasteiger partial charge in [-0.2, -0.15) is 0 Å². The zero-order valence-electron chi connectivity index (χ0n) is 13.5. The van der Waals surface area contributed by atoms with Crippen LogP contribution in [-0.4, -0.2) is 35.7 Å². The van der Waals surface area contributed by atoms with E-state index in [0.29, 0.717) is 6.42 Å². The molecule has 0 spiro atoms. The second-order valence-electron chi connectivity index (χ2n) is 6.80. The minimum Gasteiger partial charge on any atom is -0.384 e. The standard InChI is InChI=1S/C18H30N2O/c1-15(2)10-12-20(17-8-9-17)13-11-18(21,14-19)16-6-4-3-5-7-16/h3-7,15,17,21H,8-14,19H2,1-2H3. The highest BCUT2D eigenvalue weighted by Gasteiger charge is 2.32. The smallest absolute Gasteiger partial charge is 0.103 e. The van der Waals surface area contributed by atoms with Crippen LogP contribution in [0.4, 0.5) is 0 Å². The maximum atomic E-state index is 10.9. The Kier molecular flexibility index (Phi) is 5.80. The molecule has 1 aliphatic carbocycles. The minimum absolute atomic E-state index is 0.277. The first-order valence-electron chi connectivity index (χ1n) is 8.27. The first kappa shape index (κ1) is 16.5. The van der Waals surface area contributed by atoms with E-state index >= 15 is 0 Å². The van der Waals surface area contributed by atoms with Crippen LogP contribution >= 0.6 is 0 Å². The molecule has 1 atom stereocenters. The molecule has 21 heavy (non-hydrogen) atoms. The van der Waals surface area contributed by atoms with Crippen molar-refractivity contribution in [2.24, 2.45) is 11.7 Å². The van der Waals surface area contributed by atoms with Gasteiger partial charge in [0.1, 0.15) is 5.60 Å². The van der Waals surface area contributed by atoms with E-state index < -0.39 is 5.60 Å². The highest BCUT2D eigenvalue weighted by molar-refractivity contribution is 5.22. The van der Waals surface area contributed by atoms with E-state index in [4.69, 9.17) is 5.73 Å². The van der Waals surface area contributed by atoms with Crippen LogP contribution in [0.5, 0.6) is 0 Å². The molecule has 3 N–H and O–H groups in total. The molecular formula is C18H30N2O. The normalized spacial score (nSPS) is 18.2. The largest absolute Gasteiger partial charge is 0.384 e. The summed E-state index contributed by atoms with van der Waals surface area (Å²) in [6.07, 6.45) is 4.56. The maximum Gasteiger partial charge on any atom is 0.103 e. The third kappa shape index (κ3) is 4.80. The summed E-state index contributed by atoms with van der Waals surface area (Å²) in [6, 6.07) is 10.6. The van der Waals surface area contributed by atoms with Crippen molar-refractivity contribution in [3.63, 3.8) is 0 Å². The predicted molar refractivity (Wildman–Crippen MR) is 88.1 cm³/mol.